The maximum absolute atomic E-state index is 13.7. The molecular formula is C23H11F2N3O2S. The molecule has 0 fully saturated rings. The minimum atomic E-state index is -4.25. The molecule has 0 N–H and O–H groups in total. The molecule has 150 valence electrons. The van der Waals surface area contributed by atoms with Crippen molar-refractivity contribution < 1.29 is 17.2 Å². The number of nitriles is 2. The summed E-state index contributed by atoms with van der Waals surface area (Å²) in [4.78, 5) is 3.63. The Kier molecular flexibility index (Phi) is 4.94. The Balaban J connectivity index is 2.07. The van der Waals surface area contributed by atoms with E-state index in [0.29, 0.717) is 10.9 Å². The molecule has 0 saturated heterocycles. The lowest BCUT2D eigenvalue weighted by atomic mass is 10.0. The molecule has 0 bridgehead atoms. The Labute approximate surface area is 176 Å². The number of benzene rings is 3. The topological polar surface area (TPSA) is 94.6 Å². The highest BCUT2D eigenvalue weighted by Crippen LogP contribution is 2.37. The largest absolute Gasteiger partial charge is 0.255 e. The summed E-state index contributed by atoms with van der Waals surface area (Å²) in [5, 5.41) is 18.8. The second-order valence-corrected chi connectivity index (χ2v) is 8.56. The van der Waals surface area contributed by atoms with Crippen molar-refractivity contribution in [2.24, 2.45) is 0 Å². The van der Waals surface area contributed by atoms with Crippen LogP contribution in [0.3, 0.4) is 0 Å². The van der Waals surface area contributed by atoms with Gasteiger partial charge < -0.3 is 0 Å². The van der Waals surface area contributed by atoms with Gasteiger partial charge >= 0.3 is 0 Å². The number of halogens is 2. The number of hydrogen-bond donors (Lipinski definition) is 0. The van der Waals surface area contributed by atoms with Crippen LogP contribution in [0.4, 0.5) is 8.78 Å². The lowest BCUT2D eigenvalue weighted by Crippen LogP contribution is -2.06. The van der Waals surface area contributed by atoms with Crippen LogP contribution in [0, 0.1) is 34.3 Å². The lowest BCUT2D eigenvalue weighted by molar-refractivity contribution is 0.596. The van der Waals surface area contributed by atoms with E-state index in [1.807, 2.05) is 12.1 Å². The Bertz CT molecular complexity index is 1500. The van der Waals surface area contributed by atoms with Crippen molar-refractivity contribution in [2.75, 3.05) is 0 Å². The van der Waals surface area contributed by atoms with E-state index in [-0.39, 0.29) is 32.0 Å². The zero-order valence-electron chi connectivity index (χ0n) is 15.7. The number of hydrogen-bond acceptors (Lipinski definition) is 5. The molecule has 3 aromatic carbocycles. The molecule has 1 aromatic heterocycles. The van der Waals surface area contributed by atoms with Crippen molar-refractivity contribution in [1.29, 1.82) is 10.5 Å². The molecule has 0 aliphatic heterocycles. The zero-order valence-corrected chi connectivity index (χ0v) is 16.5. The van der Waals surface area contributed by atoms with Crippen LogP contribution < -0.4 is 0 Å². The fourth-order valence-corrected chi connectivity index (χ4v) is 4.78. The molecule has 0 saturated carbocycles. The summed E-state index contributed by atoms with van der Waals surface area (Å²) in [5.41, 5.74) is 0.845. The van der Waals surface area contributed by atoms with Gasteiger partial charge in [0.25, 0.3) is 0 Å². The van der Waals surface area contributed by atoms with Gasteiger partial charge in [-0.2, -0.15) is 10.5 Å². The fourth-order valence-electron chi connectivity index (χ4n) is 3.28. The Morgan fingerprint density at radius 3 is 2.03 bits per heavy atom. The van der Waals surface area contributed by atoms with Gasteiger partial charge in [0.1, 0.15) is 11.6 Å². The van der Waals surface area contributed by atoms with Crippen molar-refractivity contribution in [1.82, 2.24) is 4.98 Å². The van der Waals surface area contributed by atoms with Crippen molar-refractivity contribution in [3.05, 3.63) is 89.6 Å². The molecule has 0 radical (unpaired) electrons. The van der Waals surface area contributed by atoms with Gasteiger partial charge in [0.2, 0.25) is 9.84 Å². The number of rotatable bonds is 3. The van der Waals surface area contributed by atoms with Crippen LogP contribution in [0.15, 0.2) is 76.7 Å². The predicted octanol–water partition coefficient (Wildman–Crippen LogP) is 4.76. The van der Waals surface area contributed by atoms with Gasteiger partial charge in [0.05, 0.1) is 38.6 Å². The highest BCUT2D eigenvalue weighted by Gasteiger charge is 2.26. The van der Waals surface area contributed by atoms with Crippen LogP contribution in [0.5, 0.6) is 0 Å². The van der Waals surface area contributed by atoms with Crippen molar-refractivity contribution in [2.45, 2.75) is 9.79 Å². The summed E-state index contributed by atoms with van der Waals surface area (Å²) >= 11 is 0. The maximum atomic E-state index is 13.7. The first-order chi connectivity index (χ1) is 14.8. The van der Waals surface area contributed by atoms with Crippen molar-refractivity contribution >= 4 is 20.7 Å². The number of nitrogens with zero attached hydrogens (tertiary/aromatic N) is 3. The Morgan fingerprint density at radius 1 is 0.806 bits per heavy atom. The van der Waals surface area contributed by atoms with Crippen LogP contribution in [-0.4, -0.2) is 13.4 Å². The molecule has 5 nitrogen and oxygen atoms in total. The number of aromatic nitrogens is 1. The monoisotopic (exact) mass is 431 g/mol. The summed E-state index contributed by atoms with van der Waals surface area (Å²) in [5.74, 6) is -1.04. The van der Waals surface area contributed by atoms with Gasteiger partial charge in [-0.3, -0.25) is 4.98 Å². The minimum absolute atomic E-state index is 0.0109. The van der Waals surface area contributed by atoms with Crippen LogP contribution >= 0.6 is 0 Å². The summed E-state index contributed by atoms with van der Waals surface area (Å²) in [6.45, 7) is 0. The zero-order chi connectivity index (χ0) is 22.2. The molecule has 0 aliphatic rings. The quantitative estimate of drug-likeness (QED) is 0.466. The number of fused-ring (bicyclic) bond motifs is 1. The lowest BCUT2D eigenvalue weighted by Gasteiger charge is -2.14. The molecule has 0 unspecified atom stereocenters. The molecule has 0 spiro atoms. The van der Waals surface area contributed by atoms with Crippen LogP contribution in [0.1, 0.15) is 11.1 Å². The average Bonchev–Trinajstić information content (AvgIpc) is 2.78. The second-order valence-electron chi connectivity index (χ2n) is 6.64. The molecule has 1 heterocycles. The average molecular weight is 431 g/mol. The Morgan fingerprint density at radius 2 is 1.42 bits per heavy atom. The summed E-state index contributed by atoms with van der Waals surface area (Å²) < 4.78 is 54.3. The molecule has 31 heavy (non-hydrogen) atoms. The van der Waals surface area contributed by atoms with E-state index in [1.54, 1.807) is 0 Å². The first-order valence-corrected chi connectivity index (χ1v) is 10.4. The highest BCUT2D eigenvalue weighted by atomic mass is 32.2. The Hall–Kier alpha value is -4.14. The molecule has 0 amide bonds. The third kappa shape index (κ3) is 3.61. The van der Waals surface area contributed by atoms with Crippen LogP contribution in [-0.2, 0) is 9.84 Å². The molecule has 4 rings (SSSR count). The van der Waals surface area contributed by atoms with Gasteiger partial charge in [-0.1, -0.05) is 12.1 Å². The minimum Gasteiger partial charge on any atom is -0.255 e. The van der Waals surface area contributed by atoms with E-state index in [9.17, 15) is 27.7 Å². The van der Waals surface area contributed by atoms with E-state index < -0.39 is 21.5 Å². The third-order valence-electron chi connectivity index (χ3n) is 4.69. The standard InChI is InChI=1S/C23H11F2N3O2S/c24-17-3-1-16(2-4-17)23-20-6-5-18(25)10-21(20)28-13-22(23)31(29,30)19-8-14(11-26)7-15(9-19)12-27/h1-10,13H. The van der Waals surface area contributed by atoms with Crippen LogP contribution in [0.2, 0.25) is 0 Å². The first-order valence-electron chi connectivity index (χ1n) is 8.88. The van der Waals surface area contributed by atoms with Crippen molar-refractivity contribution in [3.63, 3.8) is 0 Å². The van der Waals surface area contributed by atoms with Gasteiger partial charge in [-0.25, -0.2) is 17.2 Å². The third-order valence-corrected chi connectivity index (χ3v) is 6.44. The van der Waals surface area contributed by atoms with E-state index >= 15 is 0 Å². The van der Waals surface area contributed by atoms with Gasteiger partial charge in [0, 0.05) is 23.2 Å². The molecule has 0 atom stereocenters. The molecule has 8 heteroatoms. The predicted molar refractivity (Wildman–Crippen MR) is 108 cm³/mol. The smallest absolute Gasteiger partial charge is 0.208 e. The fraction of sp³-hybridized carbons (Fsp3) is 0. The maximum Gasteiger partial charge on any atom is 0.208 e. The highest BCUT2D eigenvalue weighted by molar-refractivity contribution is 7.91. The summed E-state index contributed by atoms with van der Waals surface area (Å²) in [6.07, 6.45) is 1.10. The molecule has 0 aliphatic carbocycles. The second kappa shape index (κ2) is 7.60. The number of pyridine rings is 1. The summed E-state index contributed by atoms with van der Waals surface area (Å²) in [7, 11) is -4.25. The van der Waals surface area contributed by atoms with Crippen LogP contribution in [0.25, 0.3) is 22.0 Å². The molecule has 4 aromatic rings. The number of sulfone groups is 1. The molecular weight excluding hydrogens is 420 g/mol. The van der Waals surface area contributed by atoms with Crippen molar-refractivity contribution in [3.8, 4) is 23.3 Å². The first kappa shape index (κ1) is 20.1. The van der Waals surface area contributed by atoms with E-state index in [4.69, 9.17) is 0 Å². The summed E-state index contributed by atoms with van der Waals surface area (Å²) in [6, 6.07) is 16.2. The van der Waals surface area contributed by atoms with Gasteiger partial charge in [-0.05, 0) is 48.0 Å². The SMILES string of the molecule is N#Cc1cc(C#N)cc(S(=O)(=O)c2cnc3cc(F)ccc3c2-c2ccc(F)cc2)c1. The van der Waals surface area contributed by atoms with Gasteiger partial charge in [0.15, 0.2) is 0 Å². The van der Waals surface area contributed by atoms with E-state index in [2.05, 4.69) is 4.98 Å². The normalized spacial score (nSPS) is 11.1. The van der Waals surface area contributed by atoms with E-state index in [0.717, 1.165) is 6.20 Å². The van der Waals surface area contributed by atoms with E-state index in [1.165, 1.54) is 60.7 Å². The van der Waals surface area contributed by atoms with Gasteiger partial charge in [-0.15, -0.1) is 0 Å².